The van der Waals surface area contributed by atoms with E-state index in [2.05, 4.69) is 43.2 Å². The van der Waals surface area contributed by atoms with Gasteiger partial charge in [0, 0.05) is 6.54 Å². The molecule has 0 saturated carbocycles. The fourth-order valence-corrected chi connectivity index (χ4v) is 1.68. The minimum atomic E-state index is -0.867. The fraction of sp³-hybridized carbons (Fsp3) is 0.800. The van der Waals surface area contributed by atoms with Crippen LogP contribution in [0.2, 0.25) is 0 Å². The molecular weight excluding hydrogens is 240 g/mol. The van der Waals surface area contributed by atoms with Gasteiger partial charge in [0.05, 0.1) is 5.75 Å². The van der Waals surface area contributed by atoms with E-state index in [-0.39, 0.29) is 11.2 Å². The summed E-state index contributed by atoms with van der Waals surface area (Å²) in [6.07, 6.45) is 0. The highest BCUT2D eigenvalue weighted by atomic mass is 32.2. The zero-order chi connectivity index (χ0) is 13.1. The Morgan fingerprint density at radius 2 is 2.18 bits per heavy atom. The van der Waals surface area contributed by atoms with Crippen LogP contribution < -0.4 is 0 Å². The molecule has 0 spiro atoms. The van der Waals surface area contributed by atoms with Crippen LogP contribution in [0.15, 0.2) is 5.16 Å². The van der Waals surface area contributed by atoms with Gasteiger partial charge in [0.15, 0.2) is 0 Å². The Kier molecular flexibility index (Phi) is 4.50. The smallest absolute Gasteiger partial charge is 0.313 e. The standard InChI is InChI=1S/C10H18N4O2S/c1-7(10(2,3)4)5-14-9(11-12-13-14)17-6-8(15)16/h7H,5-6H2,1-4H3,(H,15,16). The van der Waals surface area contributed by atoms with Crippen LogP contribution in [0, 0.1) is 11.3 Å². The number of thioether (sulfide) groups is 1. The molecule has 0 aromatic carbocycles. The van der Waals surface area contributed by atoms with Gasteiger partial charge in [-0.3, -0.25) is 4.79 Å². The van der Waals surface area contributed by atoms with Crippen molar-refractivity contribution >= 4 is 17.7 Å². The van der Waals surface area contributed by atoms with Gasteiger partial charge < -0.3 is 5.11 Å². The zero-order valence-electron chi connectivity index (χ0n) is 10.5. The van der Waals surface area contributed by atoms with E-state index < -0.39 is 5.97 Å². The van der Waals surface area contributed by atoms with Crippen LogP contribution in [0.4, 0.5) is 0 Å². The van der Waals surface area contributed by atoms with Gasteiger partial charge >= 0.3 is 5.97 Å². The molecule has 1 atom stereocenters. The Morgan fingerprint density at radius 3 is 2.71 bits per heavy atom. The Morgan fingerprint density at radius 1 is 1.53 bits per heavy atom. The van der Waals surface area contributed by atoms with E-state index in [4.69, 9.17) is 5.11 Å². The summed E-state index contributed by atoms with van der Waals surface area (Å²) in [6.45, 7) is 9.30. The van der Waals surface area contributed by atoms with E-state index in [1.54, 1.807) is 4.68 Å². The van der Waals surface area contributed by atoms with Gasteiger partial charge in [-0.25, -0.2) is 4.68 Å². The number of carboxylic acids is 1. The summed E-state index contributed by atoms with van der Waals surface area (Å²) in [6, 6.07) is 0. The Balaban J connectivity index is 2.66. The lowest BCUT2D eigenvalue weighted by molar-refractivity contribution is -0.133. The van der Waals surface area contributed by atoms with Crippen LogP contribution in [0.25, 0.3) is 0 Å². The quantitative estimate of drug-likeness (QED) is 0.807. The van der Waals surface area contributed by atoms with Crippen molar-refractivity contribution in [2.75, 3.05) is 5.75 Å². The average molecular weight is 258 g/mol. The van der Waals surface area contributed by atoms with Crippen molar-refractivity contribution in [3.63, 3.8) is 0 Å². The van der Waals surface area contributed by atoms with Crippen LogP contribution >= 0.6 is 11.8 Å². The fourth-order valence-electron chi connectivity index (χ4n) is 1.07. The molecule has 1 unspecified atom stereocenters. The Hall–Kier alpha value is -1.11. The first-order chi connectivity index (χ1) is 7.80. The van der Waals surface area contributed by atoms with E-state index in [9.17, 15) is 4.79 Å². The summed E-state index contributed by atoms with van der Waals surface area (Å²) in [5, 5.41) is 20.5. The molecular formula is C10H18N4O2S. The highest BCUT2D eigenvalue weighted by Crippen LogP contribution is 2.27. The normalized spacial score (nSPS) is 13.6. The van der Waals surface area contributed by atoms with Gasteiger partial charge in [-0.05, 0) is 21.8 Å². The van der Waals surface area contributed by atoms with Gasteiger partial charge in [0.2, 0.25) is 5.16 Å². The summed E-state index contributed by atoms with van der Waals surface area (Å²) in [7, 11) is 0. The largest absolute Gasteiger partial charge is 0.481 e. The summed E-state index contributed by atoms with van der Waals surface area (Å²) in [5.41, 5.74) is 0.167. The van der Waals surface area contributed by atoms with Crippen LogP contribution in [0.1, 0.15) is 27.7 Å². The first-order valence-corrected chi connectivity index (χ1v) is 6.40. The number of carbonyl (C=O) groups is 1. The van der Waals surface area contributed by atoms with Gasteiger partial charge in [-0.1, -0.05) is 39.5 Å². The number of hydrogen-bond acceptors (Lipinski definition) is 5. The molecule has 0 aliphatic rings. The molecule has 0 radical (unpaired) electrons. The molecule has 0 bridgehead atoms. The summed E-state index contributed by atoms with van der Waals surface area (Å²) < 4.78 is 1.67. The van der Waals surface area contributed by atoms with Crippen LogP contribution in [-0.4, -0.2) is 37.0 Å². The third-order valence-electron chi connectivity index (χ3n) is 2.75. The van der Waals surface area contributed by atoms with Gasteiger partial charge in [0.25, 0.3) is 0 Å². The molecule has 1 rings (SSSR count). The second kappa shape index (κ2) is 5.48. The maximum Gasteiger partial charge on any atom is 0.313 e. The molecule has 0 amide bonds. The number of nitrogens with zero attached hydrogens (tertiary/aromatic N) is 4. The maximum atomic E-state index is 10.5. The molecule has 1 aromatic heterocycles. The van der Waals surface area contributed by atoms with E-state index in [0.29, 0.717) is 17.6 Å². The monoisotopic (exact) mass is 258 g/mol. The van der Waals surface area contributed by atoms with Gasteiger partial charge in [-0.2, -0.15) is 0 Å². The Labute approximate surface area is 105 Å². The molecule has 1 aromatic rings. The number of tetrazole rings is 1. The predicted octanol–water partition coefficient (Wildman–Crippen LogP) is 1.53. The van der Waals surface area contributed by atoms with Crippen molar-refractivity contribution in [2.24, 2.45) is 11.3 Å². The summed E-state index contributed by atoms with van der Waals surface area (Å²) in [4.78, 5) is 10.5. The number of hydrogen-bond donors (Lipinski definition) is 1. The van der Waals surface area contributed by atoms with Crippen LogP contribution in [-0.2, 0) is 11.3 Å². The number of aliphatic carboxylic acids is 1. The first kappa shape index (κ1) is 14.0. The lowest BCUT2D eigenvalue weighted by atomic mass is 9.82. The molecule has 0 saturated heterocycles. The van der Waals surface area contributed by atoms with E-state index >= 15 is 0 Å². The molecule has 96 valence electrons. The highest BCUT2D eigenvalue weighted by molar-refractivity contribution is 7.99. The van der Waals surface area contributed by atoms with Crippen molar-refractivity contribution in [1.29, 1.82) is 0 Å². The van der Waals surface area contributed by atoms with E-state index in [0.717, 1.165) is 11.8 Å². The molecule has 6 nitrogen and oxygen atoms in total. The first-order valence-electron chi connectivity index (χ1n) is 5.41. The molecule has 1 N–H and O–H groups in total. The third kappa shape index (κ3) is 4.33. The Bertz CT molecular complexity index is 386. The maximum absolute atomic E-state index is 10.5. The lowest BCUT2D eigenvalue weighted by Crippen LogP contribution is -2.23. The second-order valence-corrected chi connectivity index (χ2v) is 6.04. The topological polar surface area (TPSA) is 80.9 Å². The minimum absolute atomic E-state index is 0.0235. The SMILES string of the molecule is CC(Cn1nnnc1SCC(=O)O)C(C)(C)C. The zero-order valence-corrected chi connectivity index (χ0v) is 11.4. The van der Waals surface area contributed by atoms with Gasteiger partial charge in [-0.15, -0.1) is 5.10 Å². The van der Waals surface area contributed by atoms with Crippen molar-refractivity contribution in [2.45, 2.75) is 39.4 Å². The van der Waals surface area contributed by atoms with E-state index in [1.807, 2.05) is 0 Å². The van der Waals surface area contributed by atoms with Crippen molar-refractivity contribution in [3.8, 4) is 0 Å². The van der Waals surface area contributed by atoms with Gasteiger partial charge in [0.1, 0.15) is 0 Å². The number of aromatic nitrogens is 4. The molecule has 17 heavy (non-hydrogen) atoms. The van der Waals surface area contributed by atoms with Crippen molar-refractivity contribution in [3.05, 3.63) is 0 Å². The third-order valence-corrected chi connectivity index (χ3v) is 3.69. The van der Waals surface area contributed by atoms with Crippen molar-refractivity contribution < 1.29 is 9.90 Å². The van der Waals surface area contributed by atoms with E-state index in [1.165, 1.54) is 0 Å². The molecule has 0 fully saturated rings. The molecule has 0 aliphatic heterocycles. The van der Waals surface area contributed by atoms with Crippen molar-refractivity contribution in [1.82, 2.24) is 20.2 Å². The molecule has 0 aliphatic carbocycles. The lowest BCUT2D eigenvalue weighted by Gasteiger charge is -2.26. The van der Waals surface area contributed by atoms with Crippen LogP contribution in [0.3, 0.4) is 0 Å². The summed E-state index contributed by atoms with van der Waals surface area (Å²) in [5.74, 6) is -0.492. The molecule has 1 heterocycles. The minimum Gasteiger partial charge on any atom is -0.481 e. The summed E-state index contributed by atoms with van der Waals surface area (Å²) >= 11 is 1.14. The number of carboxylic acid groups (broad SMARTS) is 1. The number of rotatable bonds is 5. The predicted molar refractivity (Wildman–Crippen MR) is 64.8 cm³/mol. The molecule has 7 heteroatoms. The highest BCUT2D eigenvalue weighted by Gasteiger charge is 2.22. The van der Waals surface area contributed by atoms with Crippen LogP contribution in [0.5, 0.6) is 0 Å². The second-order valence-electron chi connectivity index (χ2n) is 5.09. The average Bonchev–Trinajstić information content (AvgIpc) is 2.60.